The number of para-hydroxylation sites is 1. The van der Waals surface area contributed by atoms with Crippen molar-refractivity contribution in [1.29, 1.82) is 0 Å². The van der Waals surface area contributed by atoms with Gasteiger partial charge in [0.15, 0.2) is 10.8 Å². The maximum Gasteiger partial charge on any atom is 0.355 e. The van der Waals surface area contributed by atoms with Crippen LogP contribution in [0.2, 0.25) is 0 Å². The molecule has 0 spiro atoms. The van der Waals surface area contributed by atoms with E-state index in [0.717, 1.165) is 112 Å². The highest BCUT2D eigenvalue weighted by Gasteiger charge is 2.35. The Kier molecular flexibility index (Phi) is 13.9. The number of amides is 3. The van der Waals surface area contributed by atoms with Crippen molar-refractivity contribution < 1.29 is 29.0 Å². The molecule has 0 radical (unpaired) electrons. The number of piperidine rings is 1. The average molecular weight is 1030 g/mol. The summed E-state index contributed by atoms with van der Waals surface area (Å²) in [5.74, 6) is -0.208. The van der Waals surface area contributed by atoms with Gasteiger partial charge >= 0.3 is 5.97 Å². The number of carbonyl (C=O) groups is 4. The van der Waals surface area contributed by atoms with Crippen molar-refractivity contribution in [3.63, 3.8) is 0 Å². The molecule has 2 saturated heterocycles. The number of imide groups is 1. The Morgan fingerprint density at radius 3 is 2.49 bits per heavy atom. The first-order valence-corrected chi connectivity index (χ1v) is 27.4. The Balaban J connectivity index is 0.661. The number of aryl methyl sites for hydroxylation is 1. The lowest BCUT2D eigenvalue weighted by molar-refractivity contribution is -0.134. The van der Waals surface area contributed by atoms with Crippen LogP contribution in [0.5, 0.6) is 5.75 Å². The maximum atomic E-state index is 13.7. The molecule has 1 aliphatic carbocycles. The second-order valence-electron chi connectivity index (χ2n) is 21.5. The van der Waals surface area contributed by atoms with E-state index < -0.39 is 11.9 Å². The van der Waals surface area contributed by atoms with E-state index in [1.165, 1.54) is 30.6 Å². The zero-order valence-corrected chi connectivity index (χ0v) is 44.0. The molecule has 4 aromatic carbocycles. The van der Waals surface area contributed by atoms with Gasteiger partial charge in [0, 0.05) is 73.9 Å². The minimum absolute atomic E-state index is 0.00474. The van der Waals surface area contributed by atoms with E-state index in [2.05, 4.69) is 68.4 Å². The van der Waals surface area contributed by atoms with Gasteiger partial charge in [-0.2, -0.15) is 5.10 Å². The molecule has 1 atom stereocenters. The molecular weight excluding hydrogens is 963 g/mol. The Labute approximate surface area is 441 Å². The van der Waals surface area contributed by atoms with E-state index in [4.69, 9.17) is 14.8 Å². The van der Waals surface area contributed by atoms with E-state index in [-0.39, 0.29) is 35.1 Å². The summed E-state index contributed by atoms with van der Waals surface area (Å²) in [5, 5.41) is 22.3. The Hall–Kier alpha value is -7.17. The molecule has 0 bridgehead atoms. The topological polar surface area (TPSA) is 175 Å². The standard InChI is InChI=1S/C59H65N9O6S/c1-36-41(42-24-26-51(61-54(42)57(72)73)66-30-28-38-12-9-14-43(46(38)34-66)55(70)63-58-60-47-15-5-6-17-50(47)75-58)13-10-16-49(36)74-40-21-18-37(19-22-40)11-7-8-29-68-32-31-67(35-59(68,2)3)39-20-23-44-48(33-39)65(4)64-53(44)45-25-27-52(69)62-56(45)71/h5-6,9-10,12-17,20,23-24,26,33,37,40,45H,7-8,11,18-19,21-22,25,27-32,34-35H2,1-4H3,(H,72,73)(H,60,63,70)(H,62,69,71)/t37-,40-,45?. The smallest absolute Gasteiger partial charge is 0.355 e. The number of rotatable bonds is 14. The van der Waals surface area contributed by atoms with E-state index in [1.54, 1.807) is 0 Å². The van der Waals surface area contributed by atoms with Gasteiger partial charge in [0.05, 0.1) is 33.4 Å². The average Bonchev–Trinajstić information content (AvgIpc) is 3.97. The van der Waals surface area contributed by atoms with Crippen molar-refractivity contribution in [3.8, 4) is 16.9 Å². The number of piperazine rings is 1. The number of aromatic carboxylic acids is 1. The van der Waals surface area contributed by atoms with Crippen LogP contribution < -0.4 is 25.2 Å². The summed E-state index contributed by atoms with van der Waals surface area (Å²) in [4.78, 5) is 67.6. The van der Waals surface area contributed by atoms with Gasteiger partial charge in [0.25, 0.3) is 5.91 Å². The summed E-state index contributed by atoms with van der Waals surface area (Å²) in [6.07, 6.45) is 9.45. The number of pyridine rings is 1. The summed E-state index contributed by atoms with van der Waals surface area (Å²) >= 11 is 1.44. The molecule has 1 unspecified atom stereocenters. The van der Waals surface area contributed by atoms with Gasteiger partial charge < -0.3 is 19.6 Å². The van der Waals surface area contributed by atoms with Crippen LogP contribution in [0.3, 0.4) is 0 Å². The Morgan fingerprint density at radius 1 is 0.867 bits per heavy atom. The lowest BCUT2D eigenvalue weighted by atomic mass is 9.84. The second-order valence-corrected chi connectivity index (χ2v) is 22.6. The molecule has 3 fully saturated rings. The molecule has 3 N–H and O–H groups in total. The van der Waals surface area contributed by atoms with Gasteiger partial charge in [-0.25, -0.2) is 14.8 Å². The van der Waals surface area contributed by atoms with E-state index in [1.807, 2.05) is 85.4 Å². The molecule has 3 aromatic heterocycles. The molecule has 3 amide bonds. The van der Waals surface area contributed by atoms with Crippen LogP contribution in [-0.2, 0) is 29.6 Å². The monoisotopic (exact) mass is 1030 g/mol. The summed E-state index contributed by atoms with van der Waals surface area (Å²) < 4.78 is 9.57. The lowest BCUT2D eigenvalue weighted by Crippen LogP contribution is -2.59. The third-order valence-corrected chi connectivity index (χ3v) is 17.2. The third-order valence-electron chi connectivity index (χ3n) is 16.3. The Morgan fingerprint density at radius 2 is 1.69 bits per heavy atom. The number of aromatic nitrogens is 4. The van der Waals surface area contributed by atoms with Crippen LogP contribution in [0, 0.1) is 12.8 Å². The molecule has 7 aromatic rings. The summed E-state index contributed by atoms with van der Waals surface area (Å²) in [5.41, 5.74) is 8.50. The number of ether oxygens (including phenoxy) is 1. The van der Waals surface area contributed by atoms with Crippen LogP contribution in [0.15, 0.2) is 91.0 Å². The van der Waals surface area contributed by atoms with E-state index in [9.17, 15) is 24.3 Å². The zero-order chi connectivity index (χ0) is 52.0. The number of unbranched alkanes of at least 4 members (excludes halogenated alkanes) is 1. The van der Waals surface area contributed by atoms with Crippen molar-refractivity contribution in [2.24, 2.45) is 13.0 Å². The maximum absolute atomic E-state index is 13.7. The Bertz CT molecular complexity index is 3310. The number of fused-ring (bicyclic) bond motifs is 3. The highest BCUT2D eigenvalue weighted by molar-refractivity contribution is 7.22. The number of hydrogen-bond donors (Lipinski definition) is 3. The van der Waals surface area contributed by atoms with Crippen LogP contribution in [0.4, 0.5) is 16.6 Å². The predicted molar refractivity (Wildman–Crippen MR) is 294 cm³/mol. The van der Waals surface area contributed by atoms with Gasteiger partial charge in [-0.1, -0.05) is 60.6 Å². The molecule has 1 saturated carbocycles. The number of nitrogens with zero attached hydrogens (tertiary/aromatic N) is 7. The first kappa shape index (κ1) is 50.0. The molecule has 16 heteroatoms. The van der Waals surface area contributed by atoms with Gasteiger partial charge in [-0.05, 0) is 155 Å². The highest BCUT2D eigenvalue weighted by atomic mass is 32.1. The van der Waals surface area contributed by atoms with E-state index in [0.29, 0.717) is 60.3 Å². The first-order valence-electron chi connectivity index (χ1n) is 26.6. The van der Waals surface area contributed by atoms with Gasteiger partial charge in [0.1, 0.15) is 11.6 Å². The fourth-order valence-electron chi connectivity index (χ4n) is 12.1. The first-order chi connectivity index (χ1) is 36.3. The molecule has 6 heterocycles. The molecule has 15 nitrogen and oxygen atoms in total. The second kappa shape index (κ2) is 20.9. The quantitative estimate of drug-likeness (QED) is 0.0696. The van der Waals surface area contributed by atoms with Crippen LogP contribution >= 0.6 is 11.3 Å². The third kappa shape index (κ3) is 10.3. The summed E-state index contributed by atoms with van der Waals surface area (Å²) in [6.45, 7) is 11.7. The van der Waals surface area contributed by atoms with Crippen LogP contribution in [0.1, 0.15) is 121 Å². The number of carboxylic acid groups (broad SMARTS) is 1. The predicted octanol–water partition coefficient (Wildman–Crippen LogP) is 10.3. The van der Waals surface area contributed by atoms with Crippen molar-refractivity contribution in [2.75, 3.05) is 47.8 Å². The molecule has 388 valence electrons. The fraction of sp³-hybridized carbons (Fsp3) is 0.407. The van der Waals surface area contributed by atoms with Crippen molar-refractivity contribution in [1.82, 2.24) is 30.0 Å². The SMILES string of the molecule is Cc1c(O[C@H]2CC[C@H](CCCCN3CCN(c4ccc5c(C6CCC(=O)NC6=O)nn(C)c5c4)CC3(C)C)CC2)cccc1-c1ccc(N2CCc3cccc(C(=O)Nc4nc5ccccc5s4)c3C2)nc1C(=O)O. The molecular formula is C59H65N9O6S. The number of benzene rings is 4. The number of thiazole rings is 1. The number of hydrogen-bond acceptors (Lipinski definition) is 12. The van der Waals surface area contributed by atoms with Crippen molar-refractivity contribution in [3.05, 3.63) is 125 Å². The minimum atomic E-state index is -1.10. The van der Waals surface area contributed by atoms with Gasteiger partial charge in [0.2, 0.25) is 11.8 Å². The summed E-state index contributed by atoms with van der Waals surface area (Å²) in [6, 6.07) is 29.7. The number of anilines is 3. The minimum Gasteiger partial charge on any atom is -0.490 e. The number of nitrogens with one attached hydrogen (secondary N) is 2. The highest BCUT2D eigenvalue weighted by Crippen LogP contribution is 2.39. The van der Waals surface area contributed by atoms with Crippen LogP contribution in [-0.4, -0.2) is 97.8 Å². The van der Waals surface area contributed by atoms with Crippen molar-refractivity contribution in [2.45, 2.75) is 109 Å². The van der Waals surface area contributed by atoms with Gasteiger partial charge in [-0.3, -0.25) is 34.6 Å². The largest absolute Gasteiger partial charge is 0.490 e. The van der Waals surface area contributed by atoms with Gasteiger partial charge in [-0.15, -0.1) is 0 Å². The molecule has 4 aliphatic rings. The zero-order valence-electron chi connectivity index (χ0n) is 43.2. The number of carboxylic acids is 1. The van der Waals surface area contributed by atoms with Crippen LogP contribution in [0.25, 0.3) is 32.2 Å². The van der Waals surface area contributed by atoms with E-state index >= 15 is 0 Å². The normalized spacial score (nSPS) is 20.0. The summed E-state index contributed by atoms with van der Waals surface area (Å²) in [7, 11) is 1.92. The fourth-order valence-corrected chi connectivity index (χ4v) is 12.9. The molecule has 75 heavy (non-hydrogen) atoms. The molecule has 11 rings (SSSR count). The molecule has 3 aliphatic heterocycles. The lowest BCUT2D eigenvalue weighted by Gasteiger charge is -2.48. The number of carbonyl (C=O) groups excluding carboxylic acids is 3. The van der Waals surface area contributed by atoms with Crippen molar-refractivity contribution >= 4 is 72.8 Å².